The van der Waals surface area contributed by atoms with Gasteiger partial charge in [0, 0.05) is 0 Å². The number of aryl methyl sites for hydroxylation is 2. The van der Waals surface area contributed by atoms with E-state index in [-0.39, 0.29) is 0 Å². The topological polar surface area (TPSA) is 0 Å². The molecule has 0 saturated carbocycles. The molecule has 108 valence electrons. The molecular formula is C21H24. The van der Waals surface area contributed by atoms with E-state index in [0.29, 0.717) is 0 Å². The molecule has 3 rings (SSSR count). The van der Waals surface area contributed by atoms with Crippen molar-refractivity contribution in [3.8, 4) is 0 Å². The summed E-state index contributed by atoms with van der Waals surface area (Å²) >= 11 is 0. The largest absolute Gasteiger partial charge is 0.0651 e. The normalized spacial score (nSPS) is 13.7. The molecule has 0 saturated heterocycles. The zero-order valence-electron chi connectivity index (χ0n) is 13.6. The van der Waals surface area contributed by atoms with Gasteiger partial charge in [-0.1, -0.05) is 49.7 Å². The van der Waals surface area contributed by atoms with Crippen LogP contribution in [-0.4, -0.2) is 0 Å². The predicted molar refractivity (Wildman–Crippen MR) is 92.5 cm³/mol. The highest BCUT2D eigenvalue weighted by Gasteiger charge is 2.23. The molecule has 0 bridgehead atoms. The van der Waals surface area contributed by atoms with Crippen LogP contribution in [0.15, 0.2) is 36.4 Å². The summed E-state index contributed by atoms with van der Waals surface area (Å²) in [5.41, 5.74) is 11.8. The third kappa shape index (κ3) is 2.33. The Morgan fingerprint density at radius 3 is 2.48 bits per heavy atom. The number of allylic oxidation sites excluding steroid dienone is 2. The van der Waals surface area contributed by atoms with Crippen molar-refractivity contribution in [2.45, 2.75) is 47.0 Å². The molecule has 0 heteroatoms. The summed E-state index contributed by atoms with van der Waals surface area (Å²) in [7, 11) is 0. The van der Waals surface area contributed by atoms with Gasteiger partial charge in [-0.2, -0.15) is 0 Å². The molecule has 0 radical (unpaired) electrons. The second-order valence-corrected chi connectivity index (χ2v) is 6.23. The molecule has 0 unspecified atom stereocenters. The van der Waals surface area contributed by atoms with Gasteiger partial charge in [0.25, 0.3) is 0 Å². The van der Waals surface area contributed by atoms with Gasteiger partial charge in [0.2, 0.25) is 0 Å². The van der Waals surface area contributed by atoms with Crippen molar-refractivity contribution in [1.82, 2.24) is 0 Å². The Bertz CT molecular complexity index is 717. The van der Waals surface area contributed by atoms with Crippen molar-refractivity contribution in [1.29, 1.82) is 0 Å². The SMILES string of the molecule is CCCc1ccccc1C1=C(C)c2c(ccc(C)c2C)C1. The van der Waals surface area contributed by atoms with Crippen LogP contribution in [0.1, 0.15) is 53.6 Å². The summed E-state index contributed by atoms with van der Waals surface area (Å²) in [5, 5.41) is 0. The van der Waals surface area contributed by atoms with E-state index in [1.165, 1.54) is 57.4 Å². The van der Waals surface area contributed by atoms with Gasteiger partial charge in [-0.05, 0) is 78.1 Å². The lowest BCUT2D eigenvalue weighted by atomic mass is 9.93. The third-order valence-corrected chi connectivity index (χ3v) is 4.88. The van der Waals surface area contributed by atoms with E-state index in [4.69, 9.17) is 0 Å². The molecule has 2 aromatic rings. The Balaban J connectivity index is 2.14. The Morgan fingerprint density at radius 2 is 1.71 bits per heavy atom. The molecular weight excluding hydrogens is 252 g/mol. The second kappa shape index (κ2) is 5.52. The number of rotatable bonds is 3. The molecule has 0 amide bonds. The first-order chi connectivity index (χ1) is 10.1. The molecule has 1 aliphatic rings. The maximum atomic E-state index is 2.32. The highest BCUT2D eigenvalue weighted by Crippen LogP contribution is 2.41. The summed E-state index contributed by atoms with van der Waals surface area (Å²) < 4.78 is 0. The average Bonchev–Trinajstić information content (AvgIpc) is 2.82. The third-order valence-electron chi connectivity index (χ3n) is 4.88. The van der Waals surface area contributed by atoms with Crippen LogP contribution in [0, 0.1) is 13.8 Å². The summed E-state index contributed by atoms with van der Waals surface area (Å²) in [4.78, 5) is 0. The van der Waals surface area contributed by atoms with E-state index in [2.05, 4.69) is 64.1 Å². The van der Waals surface area contributed by atoms with Gasteiger partial charge in [0.1, 0.15) is 0 Å². The highest BCUT2D eigenvalue weighted by molar-refractivity contribution is 5.97. The smallest absolute Gasteiger partial charge is 0.00107 e. The van der Waals surface area contributed by atoms with Crippen LogP contribution in [0.4, 0.5) is 0 Å². The first kappa shape index (κ1) is 14.1. The molecule has 0 aliphatic heterocycles. The zero-order chi connectivity index (χ0) is 15.0. The van der Waals surface area contributed by atoms with E-state index in [9.17, 15) is 0 Å². The van der Waals surface area contributed by atoms with E-state index >= 15 is 0 Å². The van der Waals surface area contributed by atoms with Crippen LogP contribution >= 0.6 is 0 Å². The molecule has 0 nitrogen and oxygen atoms in total. The number of hydrogen-bond donors (Lipinski definition) is 0. The van der Waals surface area contributed by atoms with E-state index < -0.39 is 0 Å². The fourth-order valence-electron chi connectivity index (χ4n) is 3.61. The zero-order valence-corrected chi connectivity index (χ0v) is 13.6. The average molecular weight is 276 g/mol. The summed E-state index contributed by atoms with van der Waals surface area (Å²) in [6.07, 6.45) is 3.46. The fraction of sp³-hybridized carbons (Fsp3) is 0.333. The van der Waals surface area contributed by atoms with Crippen LogP contribution in [0.2, 0.25) is 0 Å². The van der Waals surface area contributed by atoms with Gasteiger partial charge in [-0.15, -0.1) is 0 Å². The first-order valence-electron chi connectivity index (χ1n) is 8.01. The van der Waals surface area contributed by atoms with Crippen molar-refractivity contribution in [3.63, 3.8) is 0 Å². The monoisotopic (exact) mass is 276 g/mol. The van der Waals surface area contributed by atoms with Crippen LogP contribution in [0.5, 0.6) is 0 Å². The van der Waals surface area contributed by atoms with E-state index in [1.54, 1.807) is 0 Å². The molecule has 1 aliphatic carbocycles. The first-order valence-corrected chi connectivity index (χ1v) is 8.01. The summed E-state index contributed by atoms with van der Waals surface area (Å²) in [5.74, 6) is 0. The molecule has 0 heterocycles. The number of fused-ring (bicyclic) bond motifs is 1. The highest BCUT2D eigenvalue weighted by atomic mass is 14.3. The molecule has 21 heavy (non-hydrogen) atoms. The second-order valence-electron chi connectivity index (χ2n) is 6.23. The molecule has 2 aromatic carbocycles. The maximum absolute atomic E-state index is 2.32. The summed E-state index contributed by atoms with van der Waals surface area (Å²) in [6, 6.07) is 13.5. The minimum atomic E-state index is 1.09. The molecule has 0 fully saturated rings. The number of hydrogen-bond acceptors (Lipinski definition) is 0. The van der Waals surface area contributed by atoms with Gasteiger partial charge < -0.3 is 0 Å². The Kier molecular flexibility index (Phi) is 3.71. The quantitative estimate of drug-likeness (QED) is 0.670. The van der Waals surface area contributed by atoms with Crippen LogP contribution in [0.25, 0.3) is 11.1 Å². The standard InChI is InChI=1S/C21H24/c1-5-8-17-9-6-7-10-19(17)20-13-18-12-11-14(2)15(3)21(18)16(20)4/h6-7,9-12H,5,8,13H2,1-4H3. The van der Waals surface area contributed by atoms with Crippen molar-refractivity contribution in [2.75, 3.05) is 0 Å². The van der Waals surface area contributed by atoms with Gasteiger partial charge >= 0.3 is 0 Å². The van der Waals surface area contributed by atoms with Gasteiger partial charge in [0.05, 0.1) is 0 Å². The Morgan fingerprint density at radius 1 is 0.952 bits per heavy atom. The van der Waals surface area contributed by atoms with Crippen LogP contribution in [0.3, 0.4) is 0 Å². The molecule has 0 aromatic heterocycles. The van der Waals surface area contributed by atoms with E-state index in [0.717, 1.165) is 6.42 Å². The van der Waals surface area contributed by atoms with Crippen molar-refractivity contribution >= 4 is 11.1 Å². The fourth-order valence-corrected chi connectivity index (χ4v) is 3.61. The van der Waals surface area contributed by atoms with Gasteiger partial charge in [-0.3, -0.25) is 0 Å². The van der Waals surface area contributed by atoms with Crippen LogP contribution in [-0.2, 0) is 12.8 Å². The molecule has 0 atom stereocenters. The maximum Gasteiger partial charge on any atom is -0.00107 e. The molecule has 0 N–H and O–H groups in total. The van der Waals surface area contributed by atoms with Crippen molar-refractivity contribution in [3.05, 3.63) is 69.8 Å². The number of benzene rings is 2. The lowest BCUT2D eigenvalue weighted by molar-refractivity contribution is 0.917. The van der Waals surface area contributed by atoms with Crippen molar-refractivity contribution in [2.24, 2.45) is 0 Å². The van der Waals surface area contributed by atoms with Gasteiger partial charge in [-0.25, -0.2) is 0 Å². The lowest BCUT2D eigenvalue weighted by Gasteiger charge is -2.11. The lowest BCUT2D eigenvalue weighted by Crippen LogP contribution is -1.94. The van der Waals surface area contributed by atoms with E-state index in [1.807, 2.05) is 0 Å². The predicted octanol–water partition coefficient (Wildman–Crippen LogP) is 5.74. The van der Waals surface area contributed by atoms with Crippen LogP contribution < -0.4 is 0 Å². The van der Waals surface area contributed by atoms with Gasteiger partial charge in [0.15, 0.2) is 0 Å². The summed E-state index contributed by atoms with van der Waals surface area (Å²) in [6.45, 7) is 9.04. The Labute approximate surface area is 128 Å². The minimum Gasteiger partial charge on any atom is -0.0651 e. The Hall–Kier alpha value is -1.82. The minimum absolute atomic E-state index is 1.09. The van der Waals surface area contributed by atoms with Crippen molar-refractivity contribution < 1.29 is 0 Å². The molecule has 0 spiro atoms.